The van der Waals surface area contributed by atoms with Crippen molar-refractivity contribution >= 4 is 27.5 Å². The van der Waals surface area contributed by atoms with Crippen molar-refractivity contribution < 1.29 is 14.3 Å². The molecule has 1 amide bonds. The Morgan fingerprint density at radius 1 is 1.31 bits per heavy atom. The number of anilines is 1. The number of hydrogen-bond acceptors (Lipinski definition) is 3. The van der Waals surface area contributed by atoms with E-state index in [1.807, 2.05) is 0 Å². The minimum absolute atomic E-state index is 0.0670. The standard InChI is InChI=1S/C11H14BrNO3/c1-4-11(14)13-8-6-9(15-2)7(12)5-10(8)16-3/h5-6H,4H2,1-3H3,(H,13,14). The van der Waals surface area contributed by atoms with E-state index >= 15 is 0 Å². The summed E-state index contributed by atoms with van der Waals surface area (Å²) in [5.74, 6) is 1.17. The second-order valence-corrected chi connectivity index (χ2v) is 3.94. The van der Waals surface area contributed by atoms with Gasteiger partial charge in [0.05, 0.1) is 24.4 Å². The molecular weight excluding hydrogens is 274 g/mol. The Balaban J connectivity index is 3.09. The maximum absolute atomic E-state index is 11.3. The van der Waals surface area contributed by atoms with E-state index in [1.165, 1.54) is 0 Å². The summed E-state index contributed by atoms with van der Waals surface area (Å²) >= 11 is 3.35. The Bertz CT molecular complexity index is 393. The number of hydrogen-bond donors (Lipinski definition) is 1. The number of benzene rings is 1. The molecular formula is C11H14BrNO3. The molecule has 0 heterocycles. The van der Waals surface area contributed by atoms with Gasteiger partial charge >= 0.3 is 0 Å². The molecule has 1 N–H and O–H groups in total. The van der Waals surface area contributed by atoms with Crippen LogP contribution in [0.3, 0.4) is 0 Å². The molecule has 0 saturated heterocycles. The van der Waals surface area contributed by atoms with Gasteiger partial charge in [0.15, 0.2) is 0 Å². The molecule has 0 radical (unpaired) electrons. The highest BCUT2D eigenvalue weighted by atomic mass is 79.9. The van der Waals surface area contributed by atoms with Crippen LogP contribution < -0.4 is 14.8 Å². The molecule has 16 heavy (non-hydrogen) atoms. The number of carbonyl (C=O) groups excluding carboxylic acids is 1. The minimum Gasteiger partial charge on any atom is -0.495 e. The fourth-order valence-electron chi connectivity index (χ4n) is 1.20. The van der Waals surface area contributed by atoms with E-state index in [-0.39, 0.29) is 5.91 Å². The van der Waals surface area contributed by atoms with Crippen LogP contribution in [0.15, 0.2) is 16.6 Å². The average molecular weight is 288 g/mol. The summed E-state index contributed by atoms with van der Waals surface area (Å²) in [5, 5.41) is 2.75. The van der Waals surface area contributed by atoms with E-state index in [0.29, 0.717) is 23.6 Å². The molecule has 1 rings (SSSR count). The normalized spacial score (nSPS) is 9.75. The van der Waals surface area contributed by atoms with E-state index in [1.54, 1.807) is 33.3 Å². The minimum atomic E-state index is -0.0670. The lowest BCUT2D eigenvalue weighted by atomic mass is 10.2. The smallest absolute Gasteiger partial charge is 0.224 e. The van der Waals surface area contributed by atoms with Gasteiger partial charge in [-0.3, -0.25) is 4.79 Å². The molecule has 1 aromatic carbocycles. The van der Waals surface area contributed by atoms with Crippen LogP contribution in [0.4, 0.5) is 5.69 Å². The number of methoxy groups -OCH3 is 2. The SMILES string of the molecule is CCC(=O)Nc1cc(OC)c(Br)cc1OC. The third-order valence-electron chi connectivity index (χ3n) is 2.07. The summed E-state index contributed by atoms with van der Waals surface area (Å²) in [6.07, 6.45) is 0.418. The highest BCUT2D eigenvalue weighted by molar-refractivity contribution is 9.10. The number of nitrogens with one attached hydrogen (secondary N) is 1. The van der Waals surface area contributed by atoms with E-state index in [9.17, 15) is 4.79 Å². The van der Waals surface area contributed by atoms with Crippen molar-refractivity contribution in [2.24, 2.45) is 0 Å². The molecule has 0 aromatic heterocycles. The Kier molecular flexibility index (Phi) is 4.61. The van der Waals surface area contributed by atoms with E-state index in [4.69, 9.17) is 9.47 Å². The lowest BCUT2D eigenvalue weighted by Gasteiger charge is -2.12. The maximum Gasteiger partial charge on any atom is 0.224 e. The van der Waals surface area contributed by atoms with Gasteiger partial charge in [-0.15, -0.1) is 0 Å². The summed E-state index contributed by atoms with van der Waals surface area (Å²) in [4.78, 5) is 11.3. The lowest BCUT2D eigenvalue weighted by Crippen LogP contribution is -2.10. The van der Waals surface area contributed by atoms with Crippen molar-refractivity contribution in [3.63, 3.8) is 0 Å². The van der Waals surface area contributed by atoms with Crippen LogP contribution in [-0.2, 0) is 4.79 Å². The Labute approximate surface area is 103 Å². The van der Waals surface area contributed by atoms with Gasteiger partial charge in [0.2, 0.25) is 5.91 Å². The van der Waals surface area contributed by atoms with Gasteiger partial charge in [0.1, 0.15) is 11.5 Å². The molecule has 0 aliphatic rings. The van der Waals surface area contributed by atoms with E-state index in [2.05, 4.69) is 21.2 Å². The zero-order chi connectivity index (χ0) is 12.1. The second kappa shape index (κ2) is 5.75. The maximum atomic E-state index is 11.3. The Hall–Kier alpha value is -1.23. The topological polar surface area (TPSA) is 47.6 Å². The van der Waals surface area contributed by atoms with E-state index < -0.39 is 0 Å². The first-order chi connectivity index (χ1) is 7.62. The summed E-state index contributed by atoms with van der Waals surface area (Å²) in [6.45, 7) is 1.79. The Morgan fingerprint density at radius 3 is 2.44 bits per heavy atom. The van der Waals surface area contributed by atoms with Crippen LogP contribution in [-0.4, -0.2) is 20.1 Å². The summed E-state index contributed by atoms with van der Waals surface area (Å²) in [5.41, 5.74) is 0.606. The fraction of sp³-hybridized carbons (Fsp3) is 0.364. The van der Waals surface area contributed by atoms with Crippen molar-refractivity contribution in [1.82, 2.24) is 0 Å². The average Bonchev–Trinajstić information content (AvgIpc) is 2.30. The van der Waals surface area contributed by atoms with Gasteiger partial charge in [-0.2, -0.15) is 0 Å². The molecule has 0 unspecified atom stereocenters. The molecule has 0 aliphatic heterocycles. The predicted molar refractivity (Wildman–Crippen MR) is 66.2 cm³/mol. The highest BCUT2D eigenvalue weighted by Crippen LogP contribution is 2.36. The third-order valence-corrected chi connectivity index (χ3v) is 2.69. The van der Waals surface area contributed by atoms with Crippen LogP contribution in [0.25, 0.3) is 0 Å². The molecule has 88 valence electrons. The number of rotatable bonds is 4. The molecule has 0 fully saturated rings. The van der Waals surface area contributed by atoms with Crippen LogP contribution >= 0.6 is 15.9 Å². The monoisotopic (exact) mass is 287 g/mol. The number of amides is 1. The second-order valence-electron chi connectivity index (χ2n) is 3.09. The Morgan fingerprint density at radius 2 is 1.94 bits per heavy atom. The molecule has 0 spiro atoms. The third kappa shape index (κ3) is 2.88. The fourth-order valence-corrected chi connectivity index (χ4v) is 1.68. The zero-order valence-electron chi connectivity index (χ0n) is 9.46. The van der Waals surface area contributed by atoms with Gasteiger partial charge in [-0.05, 0) is 15.9 Å². The number of halogens is 1. The first-order valence-electron chi connectivity index (χ1n) is 4.83. The first kappa shape index (κ1) is 12.8. The number of carbonyl (C=O) groups is 1. The van der Waals surface area contributed by atoms with Gasteiger partial charge in [0.25, 0.3) is 0 Å². The summed E-state index contributed by atoms with van der Waals surface area (Å²) in [6, 6.07) is 3.47. The largest absolute Gasteiger partial charge is 0.495 e. The van der Waals surface area contributed by atoms with Crippen LogP contribution in [0, 0.1) is 0 Å². The predicted octanol–water partition coefficient (Wildman–Crippen LogP) is 2.81. The van der Waals surface area contributed by atoms with Gasteiger partial charge in [-0.1, -0.05) is 6.92 Å². The quantitative estimate of drug-likeness (QED) is 0.926. The van der Waals surface area contributed by atoms with Crippen molar-refractivity contribution in [2.45, 2.75) is 13.3 Å². The zero-order valence-corrected chi connectivity index (χ0v) is 11.1. The van der Waals surface area contributed by atoms with Crippen LogP contribution in [0.5, 0.6) is 11.5 Å². The van der Waals surface area contributed by atoms with Crippen molar-refractivity contribution in [2.75, 3.05) is 19.5 Å². The summed E-state index contributed by atoms with van der Waals surface area (Å²) < 4.78 is 11.1. The van der Waals surface area contributed by atoms with Crippen LogP contribution in [0.1, 0.15) is 13.3 Å². The van der Waals surface area contributed by atoms with Crippen molar-refractivity contribution in [1.29, 1.82) is 0 Å². The van der Waals surface area contributed by atoms with Crippen molar-refractivity contribution in [3.8, 4) is 11.5 Å². The van der Waals surface area contributed by atoms with Gasteiger partial charge in [-0.25, -0.2) is 0 Å². The summed E-state index contributed by atoms with van der Waals surface area (Å²) in [7, 11) is 3.12. The molecule has 0 aliphatic carbocycles. The first-order valence-corrected chi connectivity index (χ1v) is 5.63. The molecule has 0 saturated carbocycles. The highest BCUT2D eigenvalue weighted by Gasteiger charge is 2.11. The van der Waals surface area contributed by atoms with Crippen molar-refractivity contribution in [3.05, 3.63) is 16.6 Å². The van der Waals surface area contributed by atoms with Gasteiger partial charge in [0, 0.05) is 18.6 Å². The molecule has 5 heteroatoms. The van der Waals surface area contributed by atoms with E-state index in [0.717, 1.165) is 4.47 Å². The lowest BCUT2D eigenvalue weighted by molar-refractivity contribution is -0.115. The molecule has 1 aromatic rings. The van der Waals surface area contributed by atoms with Crippen LogP contribution in [0.2, 0.25) is 0 Å². The number of ether oxygens (including phenoxy) is 2. The molecule has 4 nitrogen and oxygen atoms in total. The molecule has 0 atom stereocenters. The molecule has 0 bridgehead atoms. The van der Waals surface area contributed by atoms with Gasteiger partial charge < -0.3 is 14.8 Å².